The monoisotopic (exact) mass is 738 g/mol. The van der Waals surface area contributed by atoms with Crippen molar-refractivity contribution >= 4 is 36.4 Å². The van der Waals surface area contributed by atoms with Crippen molar-refractivity contribution < 1.29 is 28.9 Å². The van der Waals surface area contributed by atoms with Crippen molar-refractivity contribution in [2.45, 2.75) is 82.1 Å². The van der Waals surface area contributed by atoms with Crippen LogP contribution in [-0.2, 0) is 39.4 Å². The molecule has 4 aromatic rings. The number of aliphatic hydroxyl groups is 1. The Labute approximate surface area is 311 Å². The number of hydrogen-bond acceptors (Lipinski definition) is 9. The second-order valence-electron chi connectivity index (χ2n) is 15.0. The number of aryl methyl sites for hydroxylation is 1. The minimum Gasteiger partial charge on any atom is -0.497 e. The van der Waals surface area contributed by atoms with Gasteiger partial charge in [-0.1, -0.05) is 54.7 Å². The van der Waals surface area contributed by atoms with Crippen LogP contribution in [0.3, 0.4) is 0 Å². The third kappa shape index (κ3) is 6.87. The molecular weight excluding hydrogens is 689 g/mol. The summed E-state index contributed by atoms with van der Waals surface area (Å²) >= 11 is 0. The van der Waals surface area contributed by atoms with Gasteiger partial charge in [-0.15, -0.1) is 5.10 Å². The molecule has 0 bridgehead atoms. The molecule has 1 spiro atoms. The summed E-state index contributed by atoms with van der Waals surface area (Å²) in [5.41, 5.74) is 2.72. The van der Waals surface area contributed by atoms with Crippen molar-refractivity contribution in [1.82, 2.24) is 20.3 Å². The molecule has 0 saturated carbocycles. The van der Waals surface area contributed by atoms with Gasteiger partial charge in [-0.25, -0.2) is 0 Å². The lowest BCUT2D eigenvalue weighted by atomic mass is 9.82. The highest BCUT2D eigenvalue weighted by Crippen LogP contribution is 2.60. The highest BCUT2D eigenvalue weighted by Gasteiger charge is 2.66. The number of ether oxygens (including phenoxy) is 3. The summed E-state index contributed by atoms with van der Waals surface area (Å²) in [7, 11) is 0.949. The molecule has 12 nitrogen and oxygen atoms in total. The van der Waals surface area contributed by atoms with Gasteiger partial charge in [0.1, 0.15) is 11.5 Å². The highest BCUT2D eigenvalue weighted by molar-refractivity contribution is 6.91. The van der Waals surface area contributed by atoms with Crippen molar-refractivity contribution in [2.24, 2.45) is 5.92 Å². The Bertz CT molecular complexity index is 1950. The van der Waals surface area contributed by atoms with Gasteiger partial charge < -0.3 is 34.9 Å². The fourth-order valence-electron chi connectivity index (χ4n) is 8.85. The predicted octanol–water partition coefficient (Wildman–Crippen LogP) is 4.37. The van der Waals surface area contributed by atoms with Gasteiger partial charge in [0.05, 0.1) is 52.4 Å². The van der Waals surface area contributed by atoms with Crippen molar-refractivity contribution in [3.63, 3.8) is 0 Å². The lowest BCUT2D eigenvalue weighted by molar-refractivity contribution is -0.146. The van der Waals surface area contributed by atoms with Gasteiger partial charge >= 0.3 is 0 Å². The number of nitrogens with zero attached hydrogens (tertiary/aromatic N) is 4. The standard InChI is InChI=1S/C40H50N6O6Si/c1-26-37(53(4,5)32-14-11-30(50-2)12-15-32)36(17-20-45-25-29(18-21-47)43-44-45)52-40(26)33-23-31(51-3)13-16-35(33)46(39(40)49)24-27-8-6-9-28(22-27)42-38(48)34-10-7-19-41-34/h6,8-9,11-16,22-23,25-26,34,36-37,41,47H,7,10,17-21,24H2,1-5H3,(H,42,48)/t26-,34-,36+,37-,40+/m1/s1. The largest absolute Gasteiger partial charge is 0.497 e. The smallest absolute Gasteiger partial charge is 0.264 e. The van der Waals surface area contributed by atoms with E-state index in [1.807, 2.05) is 65.7 Å². The summed E-state index contributed by atoms with van der Waals surface area (Å²) in [6.07, 6.45) is 4.46. The first-order valence-electron chi connectivity index (χ1n) is 18.5. The predicted molar refractivity (Wildman–Crippen MR) is 205 cm³/mol. The lowest BCUT2D eigenvalue weighted by Crippen LogP contribution is -2.51. The molecule has 1 aromatic heterocycles. The molecule has 3 aliphatic rings. The van der Waals surface area contributed by atoms with E-state index < -0.39 is 13.7 Å². The van der Waals surface area contributed by atoms with Crippen LogP contribution in [0.5, 0.6) is 11.5 Å². The van der Waals surface area contributed by atoms with Gasteiger partial charge in [0, 0.05) is 42.9 Å². The summed E-state index contributed by atoms with van der Waals surface area (Å²) in [4.78, 5) is 30.0. The van der Waals surface area contributed by atoms with Gasteiger partial charge in [0.25, 0.3) is 5.91 Å². The van der Waals surface area contributed by atoms with Crippen molar-refractivity contribution in [3.05, 3.63) is 89.7 Å². The zero-order chi connectivity index (χ0) is 37.3. The number of benzene rings is 3. The van der Waals surface area contributed by atoms with E-state index in [2.05, 4.69) is 53.1 Å². The number of nitrogens with one attached hydrogen (secondary N) is 2. The Hall–Kier alpha value is -4.56. The van der Waals surface area contributed by atoms with E-state index in [4.69, 9.17) is 14.2 Å². The highest BCUT2D eigenvalue weighted by atomic mass is 28.3. The first-order chi connectivity index (χ1) is 25.6. The minimum absolute atomic E-state index is 0.00650. The Morgan fingerprint density at radius 3 is 2.58 bits per heavy atom. The molecule has 0 unspecified atom stereocenters. The number of hydrogen-bond donors (Lipinski definition) is 3. The maximum atomic E-state index is 15.3. The average molecular weight is 739 g/mol. The molecule has 4 heterocycles. The molecule has 0 aliphatic carbocycles. The number of methoxy groups -OCH3 is 2. The van der Waals surface area contributed by atoms with Crippen LogP contribution in [0.2, 0.25) is 18.6 Å². The first kappa shape index (κ1) is 36.8. The van der Waals surface area contributed by atoms with Crippen molar-refractivity contribution in [2.75, 3.05) is 37.6 Å². The molecule has 3 aliphatic heterocycles. The number of carbonyl (C=O) groups excluding carboxylic acids is 2. The number of carbonyl (C=O) groups is 2. The first-order valence-corrected chi connectivity index (χ1v) is 21.6. The maximum Gasteiger partial charge on any atom is 0.264 e. The van der Waals surface area contributed by atoms with Crippen LogP contribution in [0, 0.1) is 5.92 Å². The topological polar surface area (TPSA) is 140 Å². The number of aliphatic hydroxyl groups excluding tert-OH is 1. The lowest BCUT2D eigenvalue weighted by Gasteiger charge is -2.37. The second-order valence-corrected chi connectivity index (χ2v) is 19.7. The quantitative estimate of drug-likeness (QED) is 0.171. The van der Waals surface area contributed by atoms with Crippen LogP contribution in [0.1, 0.15) is 43.0 Å². The summed E-state index contributed by atoms with van der Waals surface area (Å²) < 4.78 is 20.3. The molecule has 2 amide bonds. The Kier molecular flexibility index (Phi) is 10.4. The van der Waals surface area contributed by atoms with Gasteiger partial charge in [-0.3, -0.25) is 14.3 Å². The summed E-state index contributed by atoms with van der Waals surface area (Å²) in [5.74, 6) is 1.12. The van der Waals surface area contributed by atoms with E-state index in [0.29, 0.717) is 37.4 Å². The molecule has 0 radical (unpaired) electrons. The average Bonchev–Trinajstić information content (AvgIpc) is 3.96. The van der Waals surface area contributed by atoms with E-state index in [1.54, 1.807) is 18.9 Å². The zero-order valence-electron chi connectivity index (χ0n) is 31.2. The Morgan fingerprint density at radius 1 is 1.09 bits per heavy atom. The van der Waals surface area contributed by atoms with Gasteiger partial charge in [0.15, 0.2) is 5.60 Å². The molecule has 5 atom stereocenters. The van der Waals surface area contributed by atoms with E-state index in [1.165, 1.54) is 5.19 Å². The van der Waals surface area contributed by atoms with E-state index in [9.17, 15) is 9.90 Å². The van der Waals surface area contributed by atoms with E-state index in [-0.39, 0.29) is 42.0 Å². The van der Waals surface area contributed by atoms with Gasteiger partial charge in [-0.2, -0.15) is 0 Å². The van der Waals surface area contributed by atoms with Crippen LogP contribution < -0.4 is 30.2 Å². The molecule has 7 rings (SSSR count). The summed E-state index contributed by atoms with van der Waals surface area (Å²) in [5, 5.41) is 25.6. The molecule has 2 saturated heterocycles. The molecular formula is C40H50N6O6Si. The van der Waals surface area contributed by atoms with Gasteiger partial charge in [-0.05, 0) is 79.4 Å². The number of amides is 2. The summed E-state index contributed by atoms with van der Waals surface area (Å²) in [6.45, 7) is 8.61. The molecule has 13 heteroatoms. The SMILES string of the molecule is COc1ccc([Si](C)(C)[C@H]2[C@H](CCn3cc(CCO)nn3)O[C@@]3(C(=O)N(Cc4cccc(NC(=O)[C@H]5CCCN5)c4)c4ccc(OC)cc43)[C@@H]2C)cc1. The molecule has 53 heavy (non-hydrogen) atoms. The molecule has 2 fully saturated rings. The van der Waals surface area contributed by atoms with Crippen LogP contribution in [0.25, 0.3) is 0 Å². The van der Waals surface area contributed by atoms with E-state index in [0.717, 1.165) is 47.6 Å². The van der Waals surface area contributed by atoms with Crippen molar-refractivity contribution in [1.29, 1.82) is 0 Å². The molecule has 3 N–H and O–H groups in total. The fraction of sp³-hybridized carbons (Fsp3) is 0.450. The second kappa shape index (κ2) is 15.1. The number of fused-ring (bicyclic) bond motifs is 2. The Balaban J connectivity index is 1.24. The normalized spacial score (nSPS) is 23.8. The Morgan fingerprint density at radius 2 is 1.87 bits per heavy atom. The minimum atomic E-state index is -2.36. The zero-order valence-corrected chi connectivity index (χ0v) is 32.2. The fourth-order valence-corrected chi connectivity index (χ4v) is 12.9. The molecule has 3 aromatic carbocycles. The van der Waals surface area contributed by atoms with Crippen LogP contribution in [0.4, 0.5) is 11.4 Å². The van der Waals surface area contributed by atoms with Gasteiger partial charge in [0.2, 0.25) is 5.91 Å². The number of rotatable bonds is 13. The van der Waals surface area contributed by atoms with E-state index >= 15 is 4.79 Å². The van der Waals surface area contributed by atoms with Crippen LogP contribution in [-0.4, -0.2) is 79.5 Å². The molecule has 280 valence electrons. The number of anilines is 2. The van der Waals surface area contributed by atoms with Crippen LogP contribution >= 0.6 is 0 Å². The number of aromatic nitrogens is 3. The van der Waals surface area contributed by atoms with Crippen molar-refractivity contribution in [3.8, 4) is 11.5 Å². The van der Waals surface area contributed by atoms with Crippen LogP contribution in [0.15, 0.2) is 72.9 Å². The third-order valence-corrected chi connectivity index (χ3v) is 15.9. The third-order valence-electron chi connectivity index (χ3n) is 11.6. The summed E-state index contributed by atoms with van der Waals surface area (Å²) in [6, 6.07) is 21.7. The maximum absolute atomic E-state index is 15.3.